The van der Waals surface area contributed by atoms with Gasteiger partial charge in [-0.15, -0.1) is 12.4 Å². The second-order valence-electron chi connectivity index (χ2n) is 5.31. The van der Waals surface area contributed by atoms with Gasteiger partial charge in [0.15, 0.2) is 11.6 Å². The molecule has 4 nitrogen and oxygen atoms in total. The largest absolute Gasteiger partial charge is 0.494 e. The Morgan fingerprint density at radius 1 is 1.21 bits per heavy atom. The van der Waals surface area contributed by atoms with Gasteiger partial charge in [-0.05, 0) is 36.1 Å². The van der Waals surface area contributed by atoms with Crippen LogP contribution in [0, 0.1) is 5.82 Å². The van der Waals surface area contributed by atoms with Gasteiger partial charge in [-0.3, -0.25) is 4.79 Å². The molecule has 1 atom stereocenters. The number of nitrogens with one attached hydrogen (secondary N) is 1. The monoisotopic (exact) mass is 352 g/mol. The summed E-state index contributed by atoms with van der Waals surface area (Å²) in [6.07, 6.45) is 1.02. The molecule has 0 fully saturated rings. The van der Waals surface area contributed by atoms with Crippen LogP contribution in [0.4, 0.5) is 4.39 Å². The highest BCUT2D eigenvalue weighted by atomic mass is 35.5. The third-order valence-corrected chi connectivity index (χ3v) is 3.56. The van der Waals surface area contributed by atoms with Crippen molar-refractivity contribution >= 4 is 18.3 Å². The number of halogens is 2. The van der Waals surface area contributed by atoms with Crippen molar-refractivity contribution in [3.8, 4) is 5.75 Å². The lowest BCUT2D eigenvalue weighted by Crippen LogP contribution is -2.42. The van der Waals surface area contributed by atoms with Crippen molar-refractivity contribution in [2.75, 3.05) is 13.7 Å². The first-order chi connectivity index (χ1) is 11.1. The van der Waals surface area contributed by atoms with E-state index in [9.17, 15) is 9.18 Å². The van der Waals surface area contributed by atoms with Gasteiger partial charge >= 0.3 is 0 Å². The fourth-order valence-corrected chi connectivity index (χ4v) is 2.29. The molecule has 0 unspecified atom stereocenters. The van der Waals surface area contributed by atoms with Crippen molar-refractivity contribution < 1.29 is 13.9 Å². The van der Waals surface area contributed by atoms with Gasteiger partial charge in [0.1, 0.15) is 0 Å². The topological polar surface area (TPSA) is 64.3 Å². The Bertz CT molecular complexity index is 653. The lowest BCUT2D eigenvalue weighted by atomic mass is 10.1. The van der Waals surface area contributed by atoms with Gasteiger partial charge in [0.2, 0.25) is 5.91 Å². The van der Waals surface area contributed by atoms with E-state index >= 15 is 0 Å². The van der Waals surface area contributed by atoms with Crippen molar-refractivity contribution in [1.29, 1.82) is 0 Å². The summed E-state index contributed by atoms with van der Waals surface area (Å²) >= 11 is 0. The van der Waals surface area contributed by atoms with E-state index in [0.717, 1.165) is 11.1 Å². The molecule has 130 valence electrons. The number of hydrogen-bond acceptors (Lipinski definition) is 3. The molecule has 2 aromatic carbocycles. The molecule has 6 heteroatoms. The van der Waals surface area contributed by atoms with Gasteiger partial charge in [-0.1, -0.05) is 36.4 Å². The van der Waals surface area contributed by atoms with Crippen LogP contribution in [0.1, 0.15) is 11.1 Å². The standard InChI is InChI=1S/C18H21FN2O2.ClH/c1-23-17-8-7-14(11-15(17)19)9-10-21-18(22)16(20)12-13-5-3-2-4-6-13;/h2-8,11,16H,9-10,12,20H2,1H3,(H,21,22);1H/t16-;/m0./s1. The van der Waals surface area contributed by atoms with E-state index in [-0.39, 0.29) is 24.1 Å². The minimum absolute atomic E-state index is 0. The minimum atomic E-state index is -0.593. The third-order valence-electron chi connectivity index (χ3n) is 3.56. The van der Waals surface area contributed by atoms with Gasteiger partial charge in [0.25, 0.3) is 0 Å². The molecule has 1 amide bonds. The van der Waals surface area contributed by atoms with Crippen LogP contribution in [0.3, 0.4) is 0 Å². The summed E-state index contributed by atoms with van der Waals surface area (Å²) in [4.78, 5) is 12.0. The normalized spacial score (nSPS) is 11.3. The number of ether oxygens (including phenoxy) is 1. The Balaban J connectivity index is 0.00000288. The fraction of sp³-hybridized carbons (Fsp3) is 0.278. The summed E-state index contributed by atoms with van der Waals surface area (Å²) in [6.45, 7) is 0.410. The molecule has 0 saturated heterocycles. The maximum atomic E-state index is 13.6. The van der Waals surface area contributed by atoms with Crippen LogP contribution in [0.2, 0.25) is 0 Å². The molecule has 24 heavy (non-hydrogen) atoms. The molecule has 0 aromatic heterocycles. The lowest BCUT2D eigenvalue weighted by molar-refractivity contribution is -0.122. The molecule has 2 aromatic rings. The van der Waals surface area contributed by atoms with Crippen LogP contribution in [0.15, 0.2) is 48.5 Å². The first kappa shape index (κ1) is 19.9. The zero-order valence-electron chi connectivity index (χ0n) is 13.5. The van der Waals surface area contributed by atoms with Gasteiger partial charge in [-0.2, -0.15) is 0 Å². The molecule has 0 heterocycles. The van der Waals surface area contributed by atoms with E-state index in [0.29, 0.717) is 19.4 Å². The highest BCUT2D eigenvalue weighted by Gasteiger charge is 2.13. The molecule has 0 aliphatic heterocycles. The molecule has 0 radical (unpaired) electrons. The first-order valence-corrected chi connectivity index (χ1v) is 7.50. The molecule has 2 rings (SSSR count). The molecule has 3 N–H and O–H groups in total. The number of methoxy groups -OCH3 is 1. The number of carbonyl (C=O) groups excluding carboxylic acids is 1. The summed E-state index contributed by atoms with van der Waals surface area (Å²) < 4.78 is 18.4. The zero-order valence-corrected chi connectivity index (χ0v) is 14.3. The van der Waals surface area contributed by atoms with E-state index in [2.05, 4.69) is 5.32 Å². The van der Waals surface area contributed by atoms with E-state index in [1.165, 1.54) is 13.2 Å². The summed E-state index contributed by atoms with van der Waals surface area (Å²) in [5.74, 6) is -0.400. The van der Waals surface area contributed by atoms with Crippen molar-refractivity contribution in [2.45, 2.75) is 18.9 Å². The lowest BCUT2D eigenvalue weighted by Gasteiger charge is -2.12. The number of benzene rings is 2. The van der Waals surface area contributed by atoms with E-state index < -0.39 is 11.9 Å². The number of carbonyl (C=O) groups is 1. The summed E-state index contributed by atoms with van der Waals surface area (Å²) in [6, 6.07) is 13.8. The average Bonchev–Trinajstić information content (AvgIpc) is 2.56. The number of hydrogen-bond donors (Lipinski definition) is 2. The zero-order chi connectivity index (χ0) is 16.7. The second kappa shape index (κ2) is 9.90. The van der Waals surface area contributed by atoms with Gasteiger partial charge < -0.3 is 15.8 Å². The highest BCUT2D eigenvalue weighted by molar-refractivity contribution is 5.85. The molecular formula is C18H22ClFN2O2. The molecule has 0 saturated carbocycles. The van der Waals surface area contributed by atoms with Crippen LogP contribution in [0.25, 0.3) is 0 Å². The third kappa shape index (κ3) is 5.83. The highest BCUT2D eigenvalue weighted by Crippen LogP contribution is 2.17. The van der Waals surface area contributed by atoms with E-state index in [4.69, 9.17) is 10.5 Å². The Hall–Kier alpha value is -2.11. The van der Waals surface area contributed by atoms with Crippen LogP contribution in [-0.2, 0) is 17.6 Å². The van der Waals surface area contributed by atoms with Crippen LogP contribution < -0.4 is 15.8 Å². The summed E-state index contributed by atoms with van der Waals surface area (Å²) in [5, 5.41) is 2.78. The Labute approximate surface area is 147 Å². The van der Waals surface area contributed by atoms with Crippen molar-refractivity contribution in [2.24, 2.45) is 5.73 Å². The van der Waals surface area contributed by atoms with Gasteiger partial charge in [0.05, 0.1) is 13.2 Å². The maximum Gasteiger partial charge on any atom is 0.237 e. The minimum Gasteiger partial charge on any atom is -0.494 e. The second-order valence-corrected chi connectivity index (χ2v) is 5.31. The molecule has 0 aliphatic carbocycles. The molecule has 0 aliphatic rings. The van der Waals surface area contributed by atoms with Gasteiger partial charge in [0, 0.05) is 6.54 Å². The van der Waals surface area contributed by atoms with Crippen LogP contribution >= 0.6 is 12.4 Å². The van der Waals surface area contributed by atoms with E-state index in [1.807, 2.05) is 30.3 Å². The fourth-order valence-electron chi connectivity index (χ4n) is 2.29. The van der Waals surface area contributed by atoms with Crippen LogP contribution in [0.5, 0.6) is 5.75 Å². The number of nitrogens with two attached hydrogens (primary N) is 1. The number of rotatable bonds is 7. The molecular weight excluding hydrogens is 331 g/mol. The summed E-state index contributed by atoms with van der Waals surface area (Å²) in [5.41, 5.74) is 7.71. The first-order valence-electron chi connectivity index (χ1n) is 7.50. The van der Waals surface area contributed by atoms with Gasteiger partial charge in [-0.25, -0.2) is 4.39 Å². The Morgan fingerprint density at radius 2 is 1.92 bits per heavy atom. The SMILES string of the molecule is COc1ccc(CCNC(=O)[C@@H](N)Cc2ccccc2)cc1F.Cl. The number of amides is 1. The van der Waals surface area contributed by atoms with Crippen LogP contribution in [-0.4, -0.2) is 25.6 Å². The Morgan fingerprint density at radius 3 is 2.54 bits per heavy atom. The predicted octanol–water partition coefficient (Wildman–Crippen LogP) is 2.48. The average molecular weight is 353 g/mol. The molecule has 0 spiro atoms. The van der Waals surface area contributed by atoms with Crippen molar-refractivity contribution in [1.82, 2.24) is 5.32 Å². The van der Waals surface area contributed by atoms with Crippen molar-refractivity contribution in [3.63, 3.8) is 0 Å². The smallest absolute Gasteiger partial charge is 0.237 e. The van der Waals surface area contributed by atoms with Crippen molar-refractivity contribution in [3.05, 3.63) is 65.5 Å². The Kier molecular flexibility index (Phi) is 8.22. The van der Waals surface area contributed by atoms with E-state index in [1.54, 1.807) is 12.1 Å². The molecule has 0 bridgehead atoms. The maximum absolute atomic E-state index is 13.6. The summed E-state index contributed by atoms with van der Waals surface area (Å²) in [7, 11) is 1.42. The predicted molar refractivity (Wildman–Crippen MR) is 95.0 cm³/mol. The quantitative estimate of drug-likeness (QED) is 0.804.